The smallest absolute Gasteiger partial charge is 0.351 e. The molecule has 0 unspecified atom stereocenters. The van der Waals surface area contributed by atoms with E-state index >= 15 is 0 Å². The molecule has 5 nitrogen and oxygen atoms in total. The van der Waals surface area contributed by atoms with E-state index in [9.17, 15) is 13.2 Å². The Morgan fingerprint density at radius 3 is 2.57 bits per heavy atom. The molecule has 8 heteroatoms. The van der Waals surface area contributed by atoms with Gasteiger partial charge in [-0.2, -0.15) is 18.2 Å². The molecule has 0 aliphatic heterocycles. The van der Waals surface area contributed by atoms with Gasteiger partial charge in [-0.25, -0.2) is 4.98 Å². The van der Waals surface area contributed by atoms with Gasteiger partial charge >= 0.3 is 6.18 Å². The second-order valence-corrected chi connectivity index (χ2v) is 6.77. The Bertz CT molecular complexity index is 985. The fraction of sp³-hybridized carbons (Fsp3) is 0.250. The van der Waals surface area contributed by atoms with Gasteiger partial charge < -0.3 is 10.6 Å². The van der Waals surface area contributed by atoms with E-state index in [0.717, 1.165) is 30.5 Å². The van der Waals surface area contributed by atoms with Crippen LogP contribution in [0.3, 0.4) is 0 Å². The first-order chi connectivity index (χ1) is 13.4. The molecule has 0 atom stereocenters. The summed E-state index contributed by atoms with van der Waals surface area (Å²) in [4.78, 5) is 13.1. The van der Waals surface area contributed by atoms with Crippen LogP contribution in [0, 0.1) is 6.92 Å². The summed E-state index contributed by atoms with van der Waals surface area (Å²) in [7, 11) is 0. The van der Waals surface area contributed by atoms with Gasteiger partial charge in [-0.3, -0.25) is 4.98 Å². The Balaban J connectivity index is 1.71. The lowest BCUT2D eigenvalue weighted by molar-refractivity contribution is -0.137. The van der Waals surface area contributed by atoms with Gasteiger partial charge in [-0.1, -0.05) is 6.07 Å². The largest absolute Gasteiger partial charge is 0.416 e. The number of anilines is 3. The van der Waals surface area contributed by atoms with Gasteiger partial charge in [-0.05, 0) is 49.6 Å². The molecule has 2 N–H and O–H groups in total. The van der Waals surface area contributed by atoms with Crippen molar-refractivity contribution in [3.8, 4) is 11.3 Å². The summed E-state index contributed by atoms with van der Waals surface area (Å²) in [5.74, 6) is 0.857. The zero-order valence-corrected chi connectivity index (χ0v) is 15.1. The molecule has 28 heavy (non-hydrogen) atoms. The van der Waals surface area contributed by atoms with E-state index in [1.165, 1.54) is 6.07 Å². The van der Waals surface area contributed by atoms with Gasteiger partial charge in [-0.15, -0.1) is 0 Å². The van der Waals surface area contributed by atoms with Crippen LogP contribution in [0.4, 0.5) is 30.6 Å². The maximum absolute atomic E-state index is 13.1. The topological polar surface area (TPSA) is 62.7 Å². The standard InChI is InChI=1S/C20H18F3N5/c1-12-4-5-14(20(21,22)23)9-16(12)26-18-10-17(13-3-2-8-24-11-13)27-19(28-18)25-15-6-7-15/h2-5,8-11,15H,6-7H2,1H3,(H2,25,26,27,28). The molecule has 1 fully saturated rings. The highest BCUT2D eigenvalue weighted by molar-refractivity contribution is 5.68. The Morgan fingerprint density at radius 2 is 1.89 bits per heavy atom. The van der Waals surface area contributed by atoms with Crippen LogP contribution < -0.4 is 10.6 Å². The average Bonchev–Trinajstić information content (AvgIpc) is 3.47. The third-order valence-electron chi connectivity index (χ3n) is 4.42. The number of nitrogens with one attached hydrogen (secondary N) is 2. The first-order valence-electron chi connectivity index (χ1n) is 8.89. The van der Waals surface area contributed by atoms with Crippen LogP contribution in [0.25, 0.3) is 11.3 Å². The SMILES string of the molecule is Cc1ccc(C(F)(F)F)cc1Nc1cc(-c2cccnc2)nc(NC2CC2)n1. The van der Waals surface area contributed by atoms with Crippen molar-refractivity contribution in [1.82, 2.24) is 15.0 Å². The highest BCUT2D eigenvalue weighted by Crippen LogP contribution is 2.33. The van der Waals surface area contributed by atoms with Crippen molar-refractivity contribution in [2.45, 2.75) is 32.0 Å². The van der Waals surface area contributed by atoms with Crippen molar-refractivity contribution >= 4 is 17.5 Å². The van der Waals surface area contributed by atoms with Crippen molar-refractivity contribution < 1.29 is 13.2 Å². The summed E-state index contributed by atoms with van der Waals surface area (Å²) >= 11 is 0. The van der Waals surface area contributed by atoms with Gasteiger partial charge in [0.15, 0.2) is 0 Å². The first kappa shape index (κ1) is 18.2. The van der Waals surface area contributed by atoms with Crippen LogP contribution in [0.2, 0.25) is 0 Å². The predicted octanol–water partition coefficient (Wildman–Crippen LogP) is 5.18. The molecule has 0 radical (unpaired) electrons. The second kappa shape index (κ2) is 7.10. The van der Waals surface area contributed by atoms with E-state index in [1.807, 2.05) is 6.07 Å². The quantitative estimate of drug-likeness (QED) is 0.633. The Hall–Kier alpha value is -3.16. The van der Waals surface area contributed by atoms with E-state index in [2.05, 4.69) is 25.6 Å². The zero-order valence-electron chi connectivity index (χ0n) is 15.1. The lowest BCUT2D eigenvalue weighted by Crippen LogP contribution is -2.09. The number of halogens is 3. The van der Waals surface area contributed by atoms with Crippen molar-refractivity contribution in [2.24, 2.45) is 0 Å². The Kier molecular flexibility index (Phi) is 4.62. The number of nitrogens with zero attached hydrogens (tertiary/aromatic N) is 3. The first-order valence-corrected chi connectivity index (χ1v) is 8.89. The molecule has 144 valence electrons. The van der Waals surface area contributed by atoms with E-state index in [-0.39, 0.29) is 0 Å². The minimum atomic E-state index is -4.41. The fourth-order valence-electron chi connectivity index (χ4n) is 2.72. The van der Waals surface area contributed by atoms with Crippen molar-refractivity contribution in [3.05, 3.63) is 59.9 Å². The number of rotatable bonds is 5. The summed E-state index contributed by atoms with van der Waals surface area (Å²) < 4.78 is 39.2. The van der Waals surface area contributed by atoms with Crippen LogP contribution >= 0.6 is 0 Å². The molecule has 3 aromatic rings. The van der Waals surface area contributed by atoms with Gasteiger partial charge in [0.05, 0.1) is 11.3 Å². The number of aromatic nitrogens is 3. The molecule has 2 heterocycles. The van der Waals surface area contributed by atoms with Crippen LogP contribution in [0.5, 0.6) is 0 Å². The van der Waals surface area contributed by atoms with Gasteiger partial charge in [0.1, 0.15) is 5.82 Å². The van der Waals surface area contributed by atoms with Gasteiger partial charge in [0.2, 0.25) is 5.95 Å². The minimum Gasteiger partial charge on any atom is -0.351 e. The highest BCUT2D eigenvalue weighted by atomic mass is 19.4. The van der Waals surface area contributed by atoms with Crippen LogP contribution in [-0.4, -0.2) is 21.0 Å². The molecule has 1 saturated carbocycles. The lowest BCUT2D eigenvalue weighted by atomic mass is 10.1. The maximum Gasteiger partial charge on any atom is 0.416 e. The number of alkyl halides is 3. The fourth-order valence-corrected chi connectivity index (χ4v) is 2.72. The minimum absolute atomic E-state index is 0.340. The molecule has 0 spiro atoms. The molecular formula is C20H18F3N5. The summed E-state index contributed by atoms with van der Waals surface area (Å²) in [6, 6.07) is 9.32. The molecule has 0 saturated heterocycles. The van der Waals surface area contributed by atoms with Gasteiger partial charge in [0, 0.05) is 35.8 Å². The van der Waals surface area contributed by atoms with Crippen LogP contribution in [-0.2, 0) is 6.18 Å². The van der Waals surface area contributed by atoms with Gasteiger partial charge in [0.25, 0.3) is 0 Å². The Morgan fingerprint density at radius 1 is 1.07 bits per heavy atom. The van der Waals surface area contributed by atoms with Crippen molar-refractivity contribution in [1.29, 1.82) is 0 Å². The molecule has 4 rings (SSSR count). The summed E-state index contributed by atoms with van der Waals surface area (Å²) in [5.41, 5.74) is 1.76. The monoisotopic (exact) mass is 385 g/mol. The number of benzene rings is 1. The summed E-state index contributed by atoms with van der Waals surface area (Å²) in [6.45, 7) is 1.75. The molecule has 0 bridgehead atoms. The number of pyridine rings is 1. The number of aryl methyl sites for hydroxylation is 1. The van der Waals surface area contributed by atoms with Crippen molar-refractivity contribution in [2.75, 3.05) is 10.6 Å². The van der Waals surface area contributed by atoms with Crippen LogP contribution in [0.1, 0.15) is 24.0 Å². The van der Waals surface area contributed by atoms with E-state index in [0.29, 0.717) is 34.8 Å². The second-order valence-electron chi connectivity index (χ2n) is 6.77. The molecular weight excluding hydrogens is 367 g/mol. The zero-order chi connectivity index (χ0) is 19.7. The van der Waals surface area contributed by atoms with E-state index < -0.39 is 11.7 Å². The normalized spacial score (nSPS) is 14.0. The molecule has 1 aromatic carbocycles. The third-order valence-corrected chi connectivity index (χ3v) is 4.42. The number of hydrogen-bond acceptors (Lipinski definition) is 5. The molecule has 2 aromatic heterocycles. The average molecular weight is 385 g/mol. The molecule has 1 aliphatic rings. The predicted molar refractivity (Wildman–Crippen MR) is 101 cm³/mol. The summed E-state index contributed by atoms with van der Waals surface area (Å²) in [6.07, 6.45) is 1.04. The van der Waals surface area contributed by atoms with E-state index in [4.69, 9.17) is 0 Å². The van der Waals surface area contributed by atoms with Crippen molar-refractivity contribution in [3.63, 3.8) is 0 Å². The third kappa shape index (κ3) is 4.21. The van der Waals surface area contributed by atoms with Crippen LogP contribution in [0.15, 0.2) is 48.8 Å². The highest BCUT2D eigenvalue weighted by Gasteiger charge is 2.31. The maximum atomic E-state index is 13.1. The lowest BCUT2D eigenvalue weighted by Gasteiger charge is -2.14. The number of hydrogen-bond donors (Lipinski definition) is 2. The Labute approximate surface area is 160 Å². The summed E-state index contributed by atoms with van der Waals surface area (Å²) in [5, 5.41) is 6.26. The van der Waals surface area contributed by atoms with E-state index in [1.54, 1.807) is 31.5 Å². The molecule has 0 amide bonds. The molecule has 1 aliphatic carbocycles.